The molecule has 2 aromatic carbocycles. The maximum absolute atomic E-state index is 12.6. The lowest BCUT2D eigenvalue weighted by Gasteiger charge is -2.20. The van der Waals surface area contributed by atoms with Gasteiger partial charge < -0.3 is 0 Å². The van der Waals surface area contributed by atoms with Crippen molar-refractivity contribution < 1.29 is 13.3 Å². The molecule has 0 aromatic heterocycles. The molecule has 0 amide bonds. The summed E-state index contributed by atoms with van der Waals surface area (Å²) in [5.74, 6) is 0. The summed E-state index contributed by atoms with van der Waals surface area (Å²) in [5.41, 5.74) is 0.970. The molecule has 0 fully saturated rings. The van der Waals surface area contributed by atoms with Crippen LogP contribution < -0.4 is 4.31 Å². The molecule has 0 saturated heterocycles. The van der Waals surface area contributed by atoms with Crippen LogP contribution in [0.25, 0.3) is 0 Å². The predicted molar refractivity (Wildman–Crippen MR) is 87.6 cm³/mol. The van der Waals surface area contributed by atoms with E-state index in [1.54, 1.807) is 12.1 Å². The van der Waals surface area contributed by atoms with Crippen molar-refractivity contribution in [1.82, 2.24) is 0 Å². The number of benzene rings is 2. The topological polar surface area (TPSA) is 80.5 Å². The fourth-order valence-electron chi connectivity index (χ4n) is 1.85. The molecule has 0 saturated carbocycles. The normalized spacial score (nSPS) is 11.2. The molecule has 0 aliphatic rings. The molecule has 8 heteroatoms. The Kier molecular flexibility index (Phi) is 4.52. The lowest BCUT2D eigenvalue weighted by Crippen LogP contribution is -2.27. The number of non-ortho nitro benzene ring substituents is 1. The lowest BCUT2D eigenvalue weighted by molar-refractivity contribution is -0.384. The summed E-state index contributed by atoms with van der Waals surface area (Å²) in [4.78, 5) is 10.4. The van der Waals surface area contributed by atoms with Gasteiger partial charge in [-0.1, -0.05) is 17.7 Å². The summed E-state index contributed by atoms with van der Waals surface area (Å²) >= 11 is 3.23. The van der Waals surface area contributed by atoms with Gasteiger partial charge in [0.2, 0.25) is 0 Å². The minimum Gasteiger partial charge on any atom is -0.268 e. The monoisotopic (exact) mass is 384 g/mol. The van der Waals surface area contributed by atoms with E-state index >= 15 is 0 Å². The molecule has 0 atom stereocenters. The van der Waals surface area contributed by atoms with Crippen molar-refractivity contribution in [2.45, 2.75) is 11.8 Å². The van der Waals surface area contributed by atoms with Crippen molar-refractivity contribution in [1.29, 1.82) is 0 Å². The van der Waals surface area contributed by atoms with Crippen molar-refractivity contribution in [2.75, 3.05) is 11.4 Å². The highest BCUT2D eigenvalue weighted by atomic mass is 79.9. The molecule has 0 heterocycles. The Labute approximate surface area is 136 Å². The van der Waals surface area contributed by atoms with E-state index in [-0.39, 0.29) is 16.3 Å². The highest BCUT2D eigenvalue weighted by Crippen LogP contribution is 2.32. The Hall–Kier alpha value is -1.93. The van der Waals surface area contributed by atoms with Crippen LogP contribution in [-0.4, -0.2) is 20.4 Å². The molecule has 0 unspecified atom stereocenters. The summed E-state index contributed by atoms with van der Waals surface area (Å²) in [6.45, 7) is 1.86. The van der Waals surface area contributed by atoms with Crippen LogP contribution in [0.1, 0.15) is 5.56 Å². The van der Waals surface area contributed by atoms with Crippen LogP contribution in [0.5, 0.6) is 0 Å². The molecule has 116 valence electrons. The van der Waals surface area contributed by atoms with Crippen LogP contribution in [0, 0.1) is 17.0 Å². The molecule has 0 radical (unpaired) electrons. The molecule has 0 spiro atoms. The van der Waals surface area contributed by atoms with E-state index in [2.05, 4.69) is 15.9 Å². The van der Waals surface area contributed by atoms with Crippen LogP contribution >= 0.6 is 15.9 Å². The summed E-state index contributed by atoms with van der Waals surface area (Å²) in [6, 6.07) is 10.4. The highest BCUT2D eigenvalue weighted by Gasteiger charge is 2.24. The molecule has 0 aliphatic carbocycles. The molecule has 2 aromatic rings. The first-order chi connectivity index (χ1) is 10.2. The average Bonchev–Trinajstić information content (AvgIpc) is 2.47. The minimum absolute atomic E-state index is 0.124. The Balaban J connectivity index is 2.50. The molecule has 6 nitrogen and oxygen atoms in total. The molecule has 22 heavy (non-hydrogen) atoms. The van der Waals surface area contributed by atoms with Gasteiger partial charge in [-0.3, -0.25) is 14.4 Å². The van der Waals surface area contributed by atoms with Gasteiger partial charge in [0.25, 0.3) is 15.7 Å². The first-order valence-corrected chi connectivity index (χ1v) is 8.46. The number of nitro benzene ring substituents is 1. The maximum atomic E-state index is 12.6. The Morgan fingerprint density at radius 3 is 2.27 bits per heavy atom. The van der Waals surface area contributed by atoms with Crippen molar-refractivity contribution in [3.63, 3.8) is 0 Å². The molecular weight excluding hydrogens is 372 g/mol. The largest absolute Gasteiger partial charge is 0.271 e. The number of nitrogens with zero attached hydrogens (tertiary/aromatic N) is 2. The number of hydrogen-bond acceptors (Lipinski definition) is 4. The molecule has 0 bridgehead atoms. The summed E-state index contributed by atoms with van der Waals surface area (Å²) in [6.07, 6.45) is 0. The minimum atomic E-state index is -3.79. The number of rotatable bonds is 4. The number of anilines is 1. The van der Waals surface area contributed by atoms with E-state index < -0.39 is 14.9 Å². The zero-order valence-corrected chi connectivity index (χ0v) is 14.3. The zero-order valence-electron chi connectivity index (χ0n) is 11.9. The number of aryl methyl sites for hydroxylation is 1. The Bertz CT molecular complexity index is 819. The number of sulfonamides is 1. The van der Waals surface area contributed by atoms with Crippen LogP contribution in [0.4, 0.5) is 11.4 Å². The van der Waals surface area contributed by atoms with E-state index in [9.17, 15) is 18.5 Å². The average molecular weight is 385 g/mol. The van der Waals surface area contributed by atoms with Gasteiger partial charge in [0.05, 0.1) is 15.5 Å². The first kappa shape index (κ1) is 16.4. The molecular formula is C14H13BrN2O4S. The third-order valence-electron chi connectivity index (χ3n) is 3.16. The Morgan fingerprint density at radius 2 is 1.73 bits per heavy atom. The SMILES string of the molecule is Cc1ccc(S(=O)(=O)N(C)c2cc([N+](=O)[O-])ccc2Br)cc1. The quantitative estimate of drug-likeness (QED) is 0.596. The standard InChI is InChI=1S/C14H13BrN2O4S/c1-10-3-6-12(7-4-10)22(20,21)16(2)14-9-11(17(18)19)5-8-13(14)15/h3-9H,1-2H3. The van der Waals surface area contributed by atoms with Gasteiger partial charge >= 0.3 is 0 Å². The number of halogens is 1. The number of hydrogen-bond donors (Lipinski definition) is 0. The van der Waals surface area contributed by atoms with Crippen molar-refractivity contribution in [3.05, 3.63) is 62.6 Å². The van der Waals surface area contributed by atoms with Gasteiger partial charge in [-0.25, -0.2) is 8.42 Å². The molecule has 2 rings (SSSR count). The summed E-state index contributed by atoms with van der Waals surface area (Å²) in [7, 11) is -2.43. The molecule has 0 N–H and O–H groups in total. The second kappa shape index (κ2) is 6.05. The Morgan fingerprint density at radius 1 is 1.14 bits per heavy atom. The van der Waals surface area contributed by atoms with Crippen LogP contribution in [-0.2, 0) is 10.0 Å². The summed E-state index contributed by atoms with van der Waals surface area (Å²) < 4.78 is 26.7. The third kappa shape index (κ3) is 3.12. The fourth-order valence-corrected chi connectivity index (χ4v) is 3.69. The van der Waals surface area contributed by atoms with Crippen molar-refractivity contribution >= 4 is 37.3 Å². The van der Waals surface area contributed by atoms with E-state index in [1.165, 1.54) is 37.4 Å². The van der Waals surface area contributed by atoms with E-state index in [0.717, 1.165) is 9.87 Å². The van der Waals surface area contributed by atoms with E-state index in [1.807, 2.05) is 6.92 Å². The van der Waals surface area contributed by atoms with Crippen molar-refractivity contribution in [2.24, 2.45) is 0 Å². The van der Waals surface area contributed by atoms with Gasteiger partial charge in [0.1, 0.15) is 0 Å². The smallest absolute Gasteiger partial charge is 0.268 e. The van der Waals surface area contributed by atoms with Crippen LogP contribution in [0.2, 0.25) is 0 Å². The van der Waals surface area contributed by atoms with Gasteiger partial charge in [-0.2, -0.15) is 0 Å². The van der Waals surface area contributed by atoms with Gasteiger partial charge in [0.15, 0.2) is 0 Å². The second-order valence-corrected chi connectivity index (χ2v) is 7.50. The fraction of sp³-hybridized carbons (Fsp3) is 0.143. The van der Waals surface area contributed by atoms with Crippen LogP contribution in [0.15, 0.2) is 51.8 Å². The van der Waals surface area contributed by atoms with Gasteiger partial charge in [0, 0.05) is 23.7 Å². The number of nitro groups is 1. The van der Waals surface area contributed by atoms with E-state index in [4.69, 9.17) is 0 Å². The van der Waals surface area contributed by atoms with Gasteiger partial charge in [-0.15, -0.1) is 0 Å². The van der Waals surface area contributed by atoms with E-state index in [0.29, 0.717) is 4.47 Å². The molecule has 0 aliphatic heterocycles. The predicted octanol–water partition coefficient (Wildman–Crippen LogP) is 3.49. The second-order valence-electron chi connectivity index (χ2n) is 4.68. The maximum Gasteiger partial charge on any atom is 0.271 e. The highest BCUT2D eigenvalue weighted by molar-refractivity contribution is 9.10. The van der Waals surface area contributed by atoms with Crippen molar-refractivity contribution in [3.8, 4) is 0 Å². The third-order valence-corrected chi connectivity index (χ3v) is 5.62. The zero-order chi connectivity index (χ0) is 16.5. The van der Waals surface area contributed by atoms with Crippen LogP contribution in [0.3, 0.4) is 0 Å². The summed E-state index contributed by atoms with van der Waals surface area (Å²) in [5, 5.41) is 10.9. The first-order valence-electron chi connectivity index (χ1n) is 6.23. The van der Waals surface area contributed by atoms with Gasteiger partial charge in [-0.05, 0) is 41.1 Å². The lowest BCUT2D eigenvalue weighted by atomic mass is 10.2.